The molecule has 3 rings (SSSR count). The van der Waals surface area contributed by atoms with Gasteiger partial charge in [0.05, 0.1) is 12.6 Å². The van der Waals surface area contributed by atoms with Crippen LogP contribution in [0.15, 0.2) is 36.8 Å². The van der Waals surface area contributed by atoms with E-state index in [1.54, 1.807) is 12.4 Å². The van der Waals surface area contributed by atoms with Crippen LogP contribution in [0.25, 0.3) is 0 Å². The number of nitrogens with one attached hydrogen (secondary N) is 2. The highest BCUT2D eigenvalue weighted by atomic mass is 16.5. The normalized spacial score (nSPS) is 17.9. The van der Waals surface area contributed by atoms with Crippen molar-refractivity contribution < 1.29 is 4.74 Å². The molecule has 22 heavy (non-hydrogen) atoms. The standard InChI is InChI=1S/C16H21N5O/c1-3-13(11-17-7-1)5-8-18-16-19-9-6-15(21-16)20-14-4-2-10-22-12-14/h1,3,6-7,9,11,14H,2,4-5,8,10,12H2,(H2,18,19,20,21)/t14-/m1/s1. The zero-order valence-corrected chi connectivity index (χ0v) is 12.5. The fourth-order valence-corrected chi connectivity index (χ4v) is 2.45. The predicted octanol–water partition coefficient (Wildman–Crippen LogP) is 2.12. The molecule has 3 heterocycles. The molecule has 116 valence electrons. The Balaban J connectivity index is 1.50. The van der Waals surface area contributed by atoms with Crippen molar-refractivity contribution in [3.05, 3.63) is 42.4 Å². The molecular formula is C16H21N5O. The van der Waals surface area contributed by atoms with Gasteiger partial charge in [-0.3, -0.25) is 4.98 Å². The number of aromatic nitrogens is 3. The number of hydrogen-bond acceptors (Lipinski definition) is 6. The number of hydrogen-bond donors (Lipinski definition) is 2. The molecule has 0 saturated carbocycles. The van der Waals surface area contributed by atoms with Crippen molar-refractivity contribution in [3.8, 4) is 0 Å². The van der Waals surface area contributed by atoms with E-state index in [0.717, 1.165) is 44.8 Å². The first kappa shape index (κ1) is 14.7. The van der Waals surface area contributed by atoms with Crippen molar-refractivity contribution in [1.29, 1.82) is 0 Å². The minimum absolute atomic E-state index is 0.340. The molecule has 1 aliphatic heterocycles. The van der Waals surface area contributed by atoms with Crippen LogP contribution < -0.4 is 10.6 Å². The maximum absolute atomic E-state index is 5.47. The molecule has 0 radical (unpaired) electrons. The first-order valence-electron chi connectivity index (χ1n) is 7.70. The number of anilines is 2. The van der Waals surface area contributed by atoms with Crippen LogP contribution in [0.2, 0.25) is 0 Å². The Morgan fingerprint density at radius 1 is 1.27 bits per heavy atom. The molecule has 0 bridgehead atoms. The van der Waals surface area contributed by atoms with Crippen molar-refractivity contribution in [2.45, 2.75) is 25.3 Å². The summed E-state index contributed by atoms with van der Waals surface area (Å²) in [5, 5.41) is 6.65. The summed E-state index contributed by atoms with van der Waals surface area (Å²) in [6.45, 7) is 2.39. The quantitative estimate of drug-likeness (QED) is 0.851. The number of rotatable bonds is 6. The summed E-state index contributed by atoms with van der Waals surface area (Å²) in [5.41, 5.74) is 1.20. The van der Waals surface area contributed by atoms with E-state index in [1.165, 1.54) is 5.56 Å². The van der Waals surface area contributed by atoms with Gasteiger partial charge in [-0.25, -0.2) is 4.98 Å². The van der Waals surface area contributed by atoms with E-state index in [9.17, 15) is 0 Å². The first-order chi connectivity index (χ1) is 10.9. The van der Waals surface area contributed by atoms with Crippen molar-refractivity contribution in [2.75, 3.05) is 30.4 Å². The van der Waals surface area contributed by atoms with Gasteiger partial charge < -0.3 is 15.4 Å². The minimum atomic E-state index is 0.340. The second-order valence-electron chi connectivity index (χ2n) is 5.36. The molecule has 0 aromatic carbocycles. The Bertz CT molecular complexity index is 572. The molecule has 2 aromatic heterocycles. The molecule has 1 fully saturated rings. The molecule has 2 aromatic rings. The van der Waals surface area contributed by atoms with Crippen LogP contribution in [-0.4, -0.2) is 40.8 Å². The Labute approximate surface area is 130 Å². The smallest absolute Gasteiger partial charge is 0.224 e. The van der Waals surface area contributed by atoms with E-state index in [0.29, 0.717) is 12.0 Å². The van der Waals surface area contributed by atoms with Crippen LogP contribution in [0.3, 0.4) is 0 Å². The summed E-state index contributed by atoms with van der Waals surface area (Å²) >= 11 is 0. The summed E-state index contributed by atoms with van der Waals surface area (Å²) in [6.07, 6.45) is 8.54. The first-order valence-corrected chi connectivity index (χ1v) is 7.70. The SMILES string of the molecule is c1cncc(CCNc2nccc(N[C@@H]3CCCOC3)n2)c1. The fraction of sp³-hybridized carbons (Fsp3) is 0.438. The van der Waals surface area contributed by atoms with Gasteiger partial charge in [0, 0.05) is 31.7 Å². The summed E-state index contributed by atoms with van der Waals surface area (Å²) in [7, 11) is 0. The monoisotopic (exact) mass is 299 g/mol. The second kappa shape index (κ2) is 7.70. The van der Waals surface area contributed by atoms with Crippen molar-refractivity contribution in [1.82, 2.24) is 15.0 Å². The topological polar surface area (TPSA) is 72.0 Å². The van der Waals surface area contributed by atoms with Gasteiger partial charge in [0.2, 0.25) is 5.95 Å². The van der Waals surface area contributed by atoms with Gasteiger partial charge in [-0.2, -0.15) is 4.98 Å². The van der Waals surface area contributed by atoms with E-state index in [-0.39, 0.29) is 0 Å². The van der Waals surface area contributed by atoms with Crippen LogP contribution in [-0.2, 0) is 11.2 Å². The van der Waals surface area contributed by atoms with Gasteiger partial charge in [-0.15, -0.1) is 0 Å². The predicted molar refractivity (Wildman–Crippen MR) is 85.9 cm³/mol. The van der Waals surface area contributed by atoms with Crippen LogP contribution in [0.4, 0.5) is 11.8 Å². The lowest BCUT2D eigenvalue weighted by atomic mass is 10.1. The summed E-state index contributed by atoms with van der Waals surface area (Å²) in [5.74, 6) is 1.49. The number of pyridine rings is 1. The molecule has 1 aliphatic rings. The van der Waals surface area contributed by atoms with E-state index < -0.39 is 0 Å². The second-order valence-corrected chi connectivity index (χ2v) is 5.36. The third-order valence-electron chi connectivity index (χ3n) is 3.59. The summed E-state index contributed by atoms with van der Waals surface area (Å²) in [4.78, 5) is 12.9. The minimum Gasteiger partial charge on any atom is -0.379 e. The van der Waals surface area contributed by atoms with Crippen molar-refractivity contribution >= 4 is 11.8 Å². The average Bonchev–Trinajstić information content (AvgIpc) is 2.57. The average molecular weight is 299 g/mol. The maximum atomic E-state index is 5.47. The molecule has 6 nitrogen and oxygen atoms in total. The molecule has 1 atom stereocenters. The van der Waals surface area contributed by atoms with Crippen LogP contribution in [0, 0.1) is 0 Å². The fourth-order valence-electron chi connectivity index (χ4n) is 2.45. The number of nitrogens with zero attached hydrogens (tertiary/aromatic N) is 3. The zero-order valence-electron chi connectivity index (χ0n) is 12.5. The molecule has 0 spiro atoms. The molecule has 0 aliphatic carbocycles. The highest BCUT2D eigenvalue weighted by Gasteiger charge is 2.14. The van der Waals surface area contributed by atoms with E-state index in [2.05, 4.69) is 31.7 Å². The number of ether oxygens (including phenoxy) is 1. The van der Waals surface area contributed by atoms with E-state index in [4.69, 9.17) is 4.74 Å². The van der Waals surface area contributed by atoms with Gasteiger partial charge in [0.15, 0.2) is 0 Å². The zero-order chi connectivity index (χ0) is 15.0. The van der Waals surface area contributed by atoms with E-state index >= 15 is 0 Å². The van der Waals surface area contributed by atoms with Crippen LogP contribution >= 0.6 is 0 Å². The van der Waals surface area contributed by atoms with Gasteiger partial charge in [0.1, 0.15) is 5.82 Å². The lowest BCUT2D eigenvalue weighted by molar-refractivity contribution is 0.0875. The van der Waals surface area contributed by atoms with Crippen molar-refractivity contribution in [3.63, 3.8) is 0 Å². The van der Waals surface area contributed by atoms with Gasteiger partial charge in [0.25, 0.3) is 0 Å². The van der Waals surface area contributed by atoms with Crippen LogP contribution in [0.1, 0.15) is 18.4 Å². The molecule has 6 heteroatoms. The Morgan fingerprint density at radius 3 is 3.09 bits per heavy atom. The third-order valence-corrected chi connectivity index (χ3v) is 3.59. The largest absolute Gasteiger partial charge is 0.379 e. The van der Waals surface area contributed by atoms with Gasteiger partial charge >= 0.3 is 0 Å². The highest BCUT2D eigenvalue weighted by molar-refractivity contribution is 5.40. The van der Waals surface area contributed by atoms with Crippen LogP contribution in [0.5, 0.6) is 0 Å². The summed E-state index contributed by atoms with van der Waals surface area (Å²) < 4.78 is 5.47. The molecule has 1 saturated heterocycles. The third kappa shape index (κ3) is 4.39. The maximum Gasteiger partial charge on any atom is 0.224 e. The molecule has 0 amide bonds. The van der Waals surface area contributed by atoms with Crippen molar-refractivity contribution in [2.24, 2.45) is 0 Å². The molecular weight excluding hydrogens is 278 g/mol. The Hall–Kier alpha value is -2.21. The Kier molecular flexibility index (Phi) is 5.15. The Morgan fingerprint density at radius 2 is 2.27 bits per heavy atom. The van der Waals surface area contributed by atoms with E-state index in [1.807, 2.05) is 18.3 Å². The lowest BCUT2D eigenvalue weighted by Gasteiger charge is -2.23. The molecule has 2 N–H and O–H groups in total. The summed E-state index contributed by atoms with van der Waals surface area (Å²) in [6, 6.07) is 6.24. The lowest BCUT2D eigenvalue weighted by Crippen LogP contribution is -2.30. The van der Waals surface area contributed by atoms with Gasteiger partial charge in [-0.1, -0.05) is 6.07 Å². The van der Waals surface area contributed by atoms with Gasteiger partial charge in [-0.05, 0) is 37.0 Å². The highest BCUT2D eigenvalue weighted by Crippen LogP contribution is 2.13. The molecule has 0 unspecified atom stereocenters.